The smallest absolute Gasteiger partial charge is 0.273 e. The van der Waals surface area contributed by atoms with Crippen molar-refractivity contribution in [3.8, 4) is 0 Å². The van der Waals surface area contributed by atoms with Gasteiger partial charge >= 0.3 is 0 Å². The molecule has 3 rings (SSSR count). The molecule has 0 radical (unpaired) electrons. The molecule has 1 aliphatic heterocycles. The SMILES string of the molecule is O=C1Nc2cc(Br)ccc2S(=O)(=O)n2cc(F)cc21. The first-order chi connectivity index (χ1) is 8.89. The average molecular weight is 345 g/mol. The van der Waals surface area contributed by atoms with Crippen LogP contribution in [0.2, 0.25) is 0 Å². The number of benzene rings is 1. The second-order valence-corrected chi connectivity index (χ2v) is 6.64. The second-order valence-electron chi connectivity index (χ2n) is 3.94. The van der Waals surface area contributed by atoms with Gasteiger partial charge in [-0.25, -0.2) is 16.8 Å². The summed E-state index contributed by atoms with van der Waals surface area (Å²) in [5, 5.41) is 2.45. The maximum atomic E-state index is 13.2. The fourth-order valence-corrected chi connectivity index (χ4v) is 3.73. The third-order valence-electron chi connectivity index (χ3n) is 2.71. The van der Waals surface area contributed by atoms with Crippen molar-refractivity contribution < 1.29 is 17.6 Å². The number of anilines is 1. The maximum absolute atomic E-state index is 13.2. The molecule has 98 valence electrons. The molecule has 0 unspecified atom stereocenters. The number of hydrogen-bond acceptors (Lipinski definition) is 3. The molecule has 0 saturated carbocycles. The van der Waals surface area contributed by atoms with Crippen molar-refractivity contribution in [1.29, 1.82) is 0 Å². The van der Waals surface area contributed by atoms with Crippen LogP contribution >= 0.6 is 15.9 Å². The second kappa shape index (κ2) is 3.91. The number of fused-ring (bicyclic) bond motifs is 2. The highest BCUT2D eigenvalue weighted by Gasteiger charge is 2.31. The van der Waals surface area contributed by atoms with E-state index in [9.17, 15) is 17.6 Å². The summed E-state index contributed by atoms with van der Waals surface area (Å²) in [7, 11) is -3.99. The van der Waals surface area contributed by atoms with Crippen LogP contribution in [-0.4, -0.2) is 18.3 Å². The van der Waals surface area contributed by atoms with Gasteiger partial charge in [-0.15, -0.1) is 0 Å². The summed E-state index contributed by atoms with van der Waals surface area (Å²) >= 11 is 3.20. The first kappa shape index (κ1) is 12.4. The molecule has 1 aliphatic rings. The number of rotatable bonds is 0. The van der Waals surface area contributed by atoms with E-state index in [0.717, 1.165) is 12.3 Å². The number of halogens is 2. The van der Waals surface area contributed by atoms with Crippen LogP contribution in [0.25, 0.3) is 0 Å². The standard InChI is InChI=1S/C11H6BrFN2O3S/c12-6-1-2-10-8(3-6)14-11(16)9-4-7(13)5-15(9)19(10,17)18/h1-5H,(H,14,16). The van der Waals surface area contributed by atoms with E-state index in [1.807, 2.05) is 0 Å². The first-order valence-corrected chi connectivity index (χ1v) is 7.37. The normalized spacial score (nSPS) is 16.2. The molecule has 0 bridgehead atoms. The number of nitrogens with one attached hydrogen (secondary N) is 1. The number of carbonyl (C=O) groups is 1. The molecule has 0 atom stereocenters. The van der Waals surface area contributed by atoms with Crippen molar-refractivity contribution in [2.24, 2.45) is 0 Å². The summed E-state index contributed by atoms with van der Waals surface area (Å²) in [4.78, 5) is 11.8. The van der Waals surface area contributed by atoms with Crippen molar-refractivity contribution >= 4 is 37.5 Å². The Balaban J connectivity index is 2.39. The average Bonchev–Trinajstić information content (AvgIpc) is 2.69. The highest BCUT2D eigenvalue weighted by atomic mass is 79.9. The minimum absolute atomic E-state index is 0.0848. The Hall–Kier alpha value is -1.67. The highest BCUT2D eigenvalue weighted by molar-refractivity contribution is 9.10. The minimum atomic E-state index is -3.99. The third kappa shape index (κ3) is 1.79. The summed E-state index contributed by atoms with van der Waals surface area (Å²) in [6.45, 7) is 0. The fourth-order valence-electron chi connectivity index (χ4n) is 1.89. The van der Waals surface area contributed by atoms with Gasteiger partial charge in [-0.2, -0.15) is 0 Å². The van der Waals surface area contributed by atoms with Gasteiger partial charge in [0.05, 0.1) is 11.9 Å². The molecule has 19 heavy (non-hydrogen) atoms. The van der Waals surface area contributed by atoms with Gasteiger partial charge in [0.1, 0.15) is 16.4 Å². The van der Waals surface area contributed by atoms with Gasteiger partial charge in [0.25, 0.3) is 15.9 Å². The zero-order chi connectivity index (χ0) is 13.8. The molecule has 1 aromatic carbocycles. The lowest BCUT2D eigenvalue weighted by Crippen LogP contribution is -2.16. The third-order valence-corrected chi connectivity index (χ3v) is 4.94. The molecule has 1 aromatic heterocycles. The summed E-state index contributed by atoms with van der Waals surface area (Å²) in [5.74, 6) is -1.46. The van der Waals surface area contributed by atoms with Gasteiger partial charge in [-0.05, 0) is 18.2 Å². The lowest BCUT2D eigenvalue weighted by molar-refractivity contribution is 0.102. The summed E-state index contributed by atoms with van der Waals surface area (Å²) in [6.07, 6.45) is 0.779. The Morgan fingerprint density at radius 3 is 2.74 bits per heavy atom. The van der Waals surface area contributed by atoms with Crippen molar-refractivity contribution in [1.82, 2.24) is 3.97 Å². The lowest BCUT2D eigenvalue weighted by atomic mass is 10.3. The largest absolute Gasteiger partial charge is 0.319 e. The van der Waals surface area contributed by atoms with Crippen LogP contribution in [-0.2, 0) is 10.0 Å². The first-order valence-electron chi connectivity index (χ1n) is 5.14. The number of hydrogen-bond donors (Lipinski definition) is 1. The van der Waals surface area contributed by atoms with Gasteiger partial charge in [0, 0.05) is 10.5 Å². The Morgan fingerprint density at radius 2 is 2.00 bits per heavy atom. The molecule has 0 spiro atoms. The molecule has 0 saturated heterocycles. The fraction of sp³-hybridized carbons (Fsp3) is 0. The van der Waals surface area contributed by atoms with E-state index >= 15 is 0 Å². The van der Waals surface area contributed by atoms with E-state index < -0.39 is 21.7 Å². The predicted octanol–water partition coefficient (Wildman–Crippen LogP) is 2.19. The van der Waals surface area contributed by atoms with Crippen molar-refractivity contribution in [2.45, 2.75) is 4.90 Å². The summed E-state index contributed by atoms with van der Waals surface area (Å²) < 4.78 is 39.2. The summed E-state index contributed by atoms with van der Waals surface area (Å²) in [6, 6.07) is 5.25. The molecular formula is C11H6BrFN2O3S. The molecule has 1 amide bonds. The van der Waals surface area contributed by atoms with Gasteiger partial charge in [-0.3, -0.25) is 4.79 Å². The number of amides is 1. The Labute approximate surface area is 116 Å². The van der Waals surface area contributed by atoms with Crippen LogP contribution in [0.1, 0.15) is 10.5 Å². The van der Waals surface area contributed by atoms with Crippen LogP contribution in [0.4, 0.5) is 10.1 Å². The zero-order valence-corrected chi connectivity index (χ0v) is 11.6. The van der Waals surface area contributed by atoms with E-state index in [0.29, 0.717) is 8.45 Å². The molecular weight excluding hydrogens is 339 g/mol. The van der Waals surface area contributed by atoms with Crippen LogP contribution < -0.4 is 5.32 Å². The van der Waals surface area contributed by atoms with E-state index in [4.69, 9.17) is 0 Å². The molecule has 5 nitrogen and oxygen atoms in total. The van der Waals surface area contributed by atoms with Crippen LogP contribution in [0.5, 0.6) is 0 Å². The Bertz CT molecular complexity index is 813. The van der Waals surface area contributed by atoms with Gasteiger partial charge in [-0.1, -0.05) is 15.9 Å². The van der Waals surface area contributed by atoms with Crippen LogP contribution in [0.3, 0.4) is 0 Å². The van der Waals surface area contributed by atoms with E-state index in [1.165, 1.54) is 18.2 Å². The molecule has 2 aromatic rings. The van der Waals surface area contributed by atoms with Gasteiger partial charge < -0.3 is 5.32 Å². The van der Waals surface area contributed by atoms with Crippen LogP contribution in [0, 0.1) is 5.82 Å². The monoisotopic (exact) mass is 344 g/mol. The summed E-state index contributed by atoms with van der Waals surface area (Å²) in [5.41, 5.74) is -0.103. The van der Waals surface area contributed by atoms with Gasteiger partial charge in [0.15, 0.2) is 0 Å². The topological polar surface area (TPSA) is 68.2 Å². The lowest BCUT2D eigenvalue weighted by Gasteiger charge is -2.07. The molecule has 2 heterocycles. The molecule has 8 heteroatoms. The maximum Gasteiger partial charge on any atom is 0.273 e. The Morgan fingerprint density at radius 1 is 1.26 bits per heavy atom. The zero-order valence-electron chi connectivity index (χ0n) is 9.22. The van der Waals surface area contributed by atoms with E-state index in [1.54, 1.807) is 0 Å². The highest BCUT2D eigenvalue weighted by Crippen LogP contribution is 2.31. The predicted molar refractivity (Wildman–Crippen MR) is 69.1 cm³/mol. The molecule has 0 fully saturated rings. The molecule has 0 aliphatic carbocycles. The number of aromatic nitrogens is 1. The molecule has 1 N–H and O–H groups in total. The van der Waals surface area contributed by atoms with Gasteiger partial charge in [0.2, 0.25) is 0 Å². The van der Waals surface area contributed by atoms with Crippen LogP contribution in [0.15, 0.2) is 39.8 Å². The van der Waals surface area contributed by atoms with Crippen molar-refractivity contribution in [3.63, 3.8) is 0 Å². The minimum Gasteiger partial charge on any atom is -0.319 e. The van der Waals surface area contributed by atoms with Crippen molar-refractivity contribution in [2.75, 3.05) is 5.32 Å². The number of carbonyl (C=O) groups excluding carboxylic acids is 1. The quantitative estimate of drug-likeness (QED) is 0.796. The van der Waals surface area contributed by atoms with Crippen molar-refractivity contribution in [3.05, 3.63) is 46.4 Å². The Kier molecular flexibility index (Phi) is 2.55. The van der Waals surface area contributed by atoms with E-state index in [-0.39, 0.29) is 16.3 Å². The van der Waals surface area contributed by atoms with E-state index in [2.05, 4.69) is 21.2 Å². The number of nitrogens with zero attached hydrogens (tertiary/aromatic N) is 1.